The Morgan fingerprint density at radius 3 is 2.62 bits per heavy atom. The van der Waals surface area contributed by atoms with Gasteiger partial charge in [-0.2, -0.15) is 0 Å². The lowest BCUT2D eigenvalue weighted by atomic mass is 10.2. The van der Waals surface area contributed by atoms with Crippen LogP contribution < -0.4 is 5.63 Å². The predicted molar refractivity (Wildman–Crippen MR) is 81.1 cm³/mol. The molecule has 2 N–H and O–H groups in total. The van der Waals surface area contributed by atoms with Crippen LogP contribution in [0.4, 0.5) is 0 Å². The van der Waals surface area contributed by atoms with Crippen molar-refractivity contribution in [1.82, 2.24) is 0 Å². The summed E-state index contributed by atoms with van der Waals surface area (Å²) in [6.07, 6.45) is 0. The number of phenols is 2. The first-order valence-electron chi connectivity index (χ1n) is 6.28. The Balaban J connectivity index is 2.15. The van der Waals surface area contributed by atoms with E-state index in [0.29, 0.717) is 11.1 Å². The van der Waals surface area contributed by atoms with Crippen LogP contribution in [-0.2, 0) is 0 Å². The van der Waals surface area contributed by atoms with Gasteiger partial charge in [0.25, 0.3) is 0 Å². The van der Waals surface area contributed by atoms with Crippen molar-refractivity contribution in [1.29, 1.82) is 0 Å². The minimum Gasteiger partial charge on any atom is -0.504 e. The second-order valence-corrected chi connectivity index (χ2v) is 5.67. The van der Waals surface area contributed by atoms with Crippen LogP contribution in [0.25, 0.3) is 11.0 Å². The van der Waals surface area contributed by atoms with Crippen molar-refractivity contribution in [3.05, 3.63) is 58.4 Å². The summed E-state index contributed by atoms with van der Waals surface area (Å²) in [7, 11) is 0. The van der Waals surface area contributed by atoms with E-state index in [1.165, 1.54) is 23.9 Å². The quantitative estimate of drug-likeness (QED) is 0.558. The average Bonchev–Trinajstić information content (AvgIpc) is 2.47. The van der Waals surface area contributed by atoms with Gasteiger partial charge in [0, 0.05) is 26.8 Å². The van der Waals surface area contributed by atoms with Crippen LogP contribution in [0, 0.1) is 6.92 Å². The van der Waals surface area contributed by atoms with E-state index in [2.05, 4.69) is 0 Å². The largest absolute Gasteiger partial charge is 0.504 e. The summed E-state index contributed by atoms with van der Waals surface area (Å²) in [4.78, 5) is 13.1. The Morgan fingerprint density at radius 1 is 1.05 bits per heavy atom. The van der Waals surface area contributed by atoms with E-state index in [4.69, 9.17) is 4.42 Å². The molecule has 1 aromatic heterocycles. The molecule has 0 bridgehead atoms. The highest BCUT2D eigenvalue weighted by Gasteiger charge is 2.12. The number of fused-ring (bicyclic) bond motifs is 1. The highest BCUT2D eigenvalue weighted by atomic mass is 32.2. The SMILES string of the molecule is Cc1c(Sc2cc(=O)oc3ccccc23)ccc(O)c1O. The Morgan fingerprint density at radius 2 is 1.81 bits per heavy atom. The van der Waals surface area contributed by atoms with Gasteiger partial charge in [-0.3, -0.25) is 0 Å². The molecule has 0 atom stereocenters. The van der Waals surface area contributed by atoms with Crippen molar-refractivity contribution >= 4 is 22.7 Å². The molecule has 0 aliphatic carbocycles. The Hall–Kier alpha value is -2.40. The summed E-state index contributed by atoms with van der Waals surface area (Å²) in [6, 6.07) is 11.8. The molecule has 0 saturated carbocycles. The van der Waals surface area contributed by atoms with Crippen molar-refractivity contribution in [3.8, 4) is 11.5 Å². The first-order valence-corrected chi connectivity index (χ1v) is 7.10. The number of benzene rings is 2. The van der Waals surface area contributed by atoms with Crippen molar-refractivity contribution < 1.29 is 14.6 Å². The van der Waals surface area contributed by atoms with Crippen LogP contribution in [0.2, 0.25) is 0 Å². The normalized spacial score (nSPS) is 10.9. The molecule has 3 rings (SSSR count). The van der Waals surface area contributed by atoms with Gasteiger partial charge in [-0.15, -0.1) is 0 Å². The van der Waals surface area contributed by atoms with Gasteiger partial charge in [-0.25, -0.2) is 4.79 Å². The summed E-state index contributed by atoms with van der Waals surface area (Å²) in [6.45, 7) is 1.71. The number of hydrogen-bond donors (Lipinski definition) is 2. The van der Waals surface area contributed by atoms with Gasteiger partial charge in [-0.05, 0) is 25.1 Å². The van der Waals surface area contributed by atoms with Gasteiger partial charge < -0.3 is 14.6 Å². The maximum atomic E-state index is 11.6. The zero-order valence-corrected chi connectivity index (χ0v) is 12.0. The van der Waals surface area contributed by atoms with E-state index in [0.717, 1.165) is 15.2 Å². The molecule has 0 unspecified atom stereocenters. The Kier molecular flexibility index (Phi) is 3.35. The van der Waals surface area contributed by atoms with E-state index in [1.807, 2.05) is 12.1 Å². The molecule has 21 heavy (non-hydrogen) atoms. The third-order valence-electron chi connectivity index (χ3n) is 3.19. The molecule has 4 nitrogen and oxygen atoms in total. The van der Waals surface area contributed by atoms with Gasteiger partial charge in [0.2, 0.25) is 0 Å². The number of phenolic OH excluding ortho intramolecular Hbond substituents is 2. The summed E-state index contributed by atoms with van der Waals surface area (Å²) < 4.78 is 5.15. The van der Waals surface area contributed by atoms with E-state index in [9.17, 15) is 15.0 Å². The lowest BCUT2D eigenvalue weighted by molar-refractivity contribution is 0.399. The van der Waals surface area contributed by atoms with Crippen LogP contribution >= 0.6 is 11.8 Å². The third kappa shape index (κ3) is 2.48. The lowest BCUT2D eigenvalue weighted by Crippen LogP contribution is -1.97. The topological polar surface area (TPSA) is 70.7 Å². The second-order valence-electron chi connectivity index (χ2n) is 4.58. The molecule has 0 aliphatic heterocycles. The highest BCUT2D eigenvalue weighted by molar-refractivity contribution is 7.99. The van der Waals surface area contributed by atoms with Gasteiger partial charge in [0.1, 0.15) is 5.58 Å². The minimum atomic E-state index is -0.420. The van der Waals surface area contributed by atoms with E-state index < -0.39 is 5.63 Å². The monoisotopic (exact) mass is 300 g/mol. The molecule has 0 fully saturated rings. The van der Waals surface area contributed by atoms with E-state index in [-0.39, 0.29) is 11.5 Å². The molecule has 0 radical (unpaired) electrons. The van der Waals surface area contributed by atoms with Gasteiger partial charge in [0.05, 0.1) is 0 Å². The predicted octanol–water partition coefficient (Wildman–Crippen LogP) is 3.66. The number of aromatic hydroxyl groups is 2. The van der Waals surface area contributed by atoms with Crippen LogP contribution in [-0.4, -0.2) is 10.2 Å². The van der Waals surface area contributed by atoms with Gasteiger partial charge in [0.15, 0.2) is 11.5 Å². The fraction of sp³-hybridized carbons (Fsp3) is 0.0625. The smallest absolute Gasteiger partial charge is 0.337 e. The molecule has 2 aromatic carbocycles. The molecule has 106 valence electrons. The lowest BCUT2D eigenvalue weighted by Gasteiger charge is -2.09. The van der Waals surface area contributed by atoms with Crippen LogP contribution in [0.1, 0.15) is 5.56 Å². The number of hydrogen-bond acceptors (Lipinski definition) is 5. The van der Waals surface area contributed by atoms with Gasteiger partial charge >= 0.3 is 5.63 Å². The minimum absolute atomic E-state index is 0.146. The van der Waals surface area contributed by atoms with E-state index in [1.54, 1.807) is 25.1 Å². The van der Waals surface area contributed by atoms with Crippen LogP contribution in [0.5, 0.6) is 11.5 Å². The summed E-state index contributed by atoms with van der Waals surface area (Å²) in [5.74, 6) is -0.304. The molecule has 0 aliphatic rings. The summed E-state index contributed by atoms with van der Waals surface area (Å²) in [5.41, 5.74) is 0.669. The number of para-hydroxylation sites is 1. The van der Waals surface area contributed by atoms with Crippen LogP contribution in [0.15, 0.2) is 61.5 Å². The molecule has 0 amide bonds. The zero-order valence-electron chi connectivity index (χ0n) is 11.2. The van der Waals surface area contributed by atoms with Crippen molar-refractivity contribution in [2.75, 3.05) is 0 Å². The molecular weight excluding hydrogens is 288 g/mol. The highest BCUT2D eigenvalue weighted by Crippen LogP contribution is 2.40. The van der Waals surface area contributed by atoms with Crippen LogP contribution in [0.3, 0.4) is 0 Å². The van der Waals surface area contributed by atoms with Crippen molar-refractivity contribution in [3.63, 3.8) is 0 Å². The molecule has 0 saturated heterocycles. The first-order chi connectivity index (χ1) is 10.1. The second kappa shape index (κ2) is 5.18. The maximum absolute atomic E-state index is 11.6. The Labute approximate surface area is 124 Å². The molecule has 1 heterocycles. The molecule has 3 aromatic rings. The maximum Gasteiger partial charge on any atom is 0.337 e. The fourth-order valence-corrected chi connectivity index (χ4v) is 3.12. The summed E-state index contributed by atoms with van der Waals surface area (Å²) in [5, 5.41) is 20.1. The van der Waals surface area contributed by atoms with Gasteiger partial charge in [-0.1, -0.05) is 30.0 Å². The van der Waals surface area contributed by atoms with Crippen molar-refractivity contribution in [2.24, 2.45) is 0 Å². The first kappa shape index (κ1) is 13.6. The third-order valence-corrected chi connectivity index (χ3v) is 4.41. The summed E-state index contributed by atoms with van der Waals surface area (Å²) >= 11 is 1.35. The fourth-order valence-electron chi connectivity index (χ4n) is 2.06. The molecule has 0 spiro atoms. The molecule has 5 heteroatoms. The standard InChI is InChI=1S/C16H12O4S/c1-9-13(7-6-11(17)16(9)19)21-14-8-15(18)20-12-5-3-2-4-10(12)14/h2-8,17,19H,1H3. The average molecular weight is 300 g/mol. The molecular formula is C16H12O4S. The van der Waals surface area contributed by atoms with Crippen molar-refractivity contribution in [2.45, 2.75) is 16.7 Å². The number of rotatable bonds is 2. The zero-order chi connectivity index (χ0) is 15.0. The van der Waals surface area contributed by atoms with E-state index >= 15 is 0 Å². The Bertz CT molecular complexity index is 883.